The first-order valence-corrected chi connectivity index (χ1v) is 8.02. The zero-order valence-corrected chi connectivity index (χ0v) is 12.7. The van der Waals surface area contributed by atoms with Gasteiger partial charge in [0.15, 0.2) is 0 Å². The summed E-state index contributed by atoms with van der Waals surface area (Å²) >= 11 is 5.94. The summed E-state index contributed by atoms with van der Waals surface area (Å²) in [6, 6.07) is 6.00. The maximum Gasteiger partial charge on any atom is 0.129 e. The molecule has 110 valence electrons. The van der Waals surface area contributed by atoms with E-state index in [1.165, 1.54) is 31.9 Å². The third kappa shape index (κ3) is 2.53. The first-order chi connectivity index (χ1) is 9.70. The van der Waals surface area contributed by atoms with Gasteiger partial charge in [0.1, 0.15) is 5.82 Å². The Morgan fingerprint density at radius 2 is 2.15 bits per heavy atom. The van der Waals surface area contributed by atoms with E-state index >= 15 is 0 Å². The van der Waals surface area contributed by atoms with Crippen LogP contribution in [-0.2, 0) is 5.88 Å². The van der Waals surface area contributed by atoms with Crippen molar-refractivity contribution in [1.29, 1.82) is 0 Å². The molecular weight excluding hydrogens is 275 g/mol. The van der Waals surface area contributed by atoms with Crippen molar-refractivity contribution in [1.82, 2.24) is 4.90 Å². The Labute approximate surface area is 125 Å². The monoisotopic (exact) mass is 296 g/mol. The second kappa shape index (κ2) is 5.90. The molecule has 0 radical (unpaired) electrons. The van der Waals surface area contributed by atoms with E-state index in [9.17, 15) is 4.39 Å². The van der Waals surface area contributed by atoms with Crippen LogP contribution in [0.4, 0.5) is 10.1 Å². The molecule has 4 heteroatoms. The summed E-state index contributed by atoms with van der Waals surface area (Å²) in [5, 5.41) is 0. The molecule has 0 saturated carbocycles. The minimum absolute atomic E-state index is 0.180. The van der Waals surface area contributed by atoms with Gasteiger partial charge in [0, 0.05) is 30.4 Å². The third-order valence-electron chi connectivity index (χ3n) is 4.91. The number of benzene rings is 1. The molecule has 1 aromatic carbocycles. The van der Waals surface area contributed by atoms with Gasteiger partial charge in [-0.2, -0.15) is 0 Å². The van der Waals surface area contributed by atoms with Crippen LogP contribution in [0.2, 0.25) is 0 Å². The van der Waals surface area contributed by atoms with Crippen molar-refractivity contribution < 1.29 is 4.39 Å². The first-order valence-electron chi connectivity index (χ1n) is 7.49. The molecule has 1 aromatic rings. The van der Waals surface area contributed by atoms with Gasteiger partial charge in [0.05, 0.1) is 5.88 Å². The molecule has 2 unspecified atom stereocenters. The first kappa shape index (κ1) is 14.2. The van der Waals surface area contributed by atoms with E-state index in [4.69, 9.17) is 11.6 Å². The Bertz CT molecular complexity index is 480. The minimum Gasteiger partial charge on any atom is -0.371 e. The Morgan fingerprint density at radius 1 is 1.30 bits per heavy atom. The highest BCUT2D eigenvalue weighted by molar-refractivity contribution is 6.17. The van der Waals surface area contributed by atoms with E-state index in [0.29, 0.717) is 17.5 Å². The highest BCUT2D eigenvalue weighted by atomic mass is 35.5. The number of anilines is 1. The van der Waals surface area contributed by atoms with Gasteiger partial charge in [0.2, 0.25) is 0 Å². The van der Waals surface area contributed by atoms with E-state index in [-0.39, 0.29) is 11.7 Å². The average molecular weight is 297 g/mol. The summed E-state index contributed by atoms with van der Waals surface area (Å²) in [4.78, 5) is 4.83. The van der Waals surface area contributed by atoms with E-state index in [2.05, 4.69) is 16.8 Å². The van der Waals surface area contributed by atoms with Crippen molar-refractivity contribution in [3.05, 3.63) is 29.6 Å². The van der Waals surface area contributed by atoms with Crippen LogP contribution in [-0.4, -0.2) is 37.6 Å². The highest BCUT2D eigenvalue weighted by Crippen LogP contribution is 2.34. The van der Waals surface area contributed by atoms with E-state index in [1.807, 2.05) is 6.07 Å². The second-order valence-electron chi connectivity index (χ2n) is 6.06. The molecule has 2 atom stereocenters. The Kier molecular flexibility index (Phi) is 4.18. The molecule has 2 fully saturated rings. The maximum absolute atomic E-state index is 13.9. The molecule has 3 rings (SSSR count). The largest absolute Gasteiger partial charge is 0.371 e. The molecule has 0 N–H and O–H groups in total. The van der Waals surface area contributed by atoms with E-state index in [1.54, 1.807) is 6.07 Å². The van der Waals surface area contributed by atoms with Crippen LogP contribution in [0.1, 0.15) is 24.8 Å². The molecule has 2 aliphatic heterocycles. The fraction of sp³-hybridized carbons (Fsp3) is 0.625. The zero-order valence-electron chi connectivity index (χ0n) is 12.0. The van der Waals surface area contributed by atoms with Crippen LogP contribution < -0.4 is 4.90 Å². The summed E-state index contributed by atoms with van der Waals surface area (Å²) < 4.78 is 13.9. The van der Waals surface area contributed by atoms with Gasteiger partial charge in [-0.25, -0.2) is 4.39 Å². The highest BCUT2D eigenvalue weighted by Gasteiger charge is 2.34. The maximum atomic E-state index is 13.9. The van der Waals surface area contributed by atoms with Gasteiger partial charge in [-0.3, -0.25) is 0 Å². The van der Waals surface area contributed by atoms with Crippen molar-refractivity contribution in [3.8, 4) is 0 Å². The lowest BCUT2D eigenvalue weighted by Gasteiger charge is -2.47. The molecule has 0 aliphatic carbocycles. The minimum atomic E-state index is -0.180. The van der Waals surface area contributed by atoms with Crippen LogP contribution in [0.5, 0.6) is 0 Å². The van der Waals surface area contributed by atoms with Gasteiger partial charge in [-0.05, 0) is 50.9 Å². The standard InChI is InChI=1S/C16H22ClFN2/c1-19-8-3-4-12-11-20(9-7-15(12)19)16-6-2-5-14(18)13(16)10-17/h2,5-6,12,15H,3-4,7-11H2,1H3. The molecule has 0 spiro atoms. The van der Waals surface area contributed by atoms with E-state index < -0.39 is 0 Å². The number of fused-ring (bicyclic) bond motifs is 1. The number of hydrogen-bond donors (Lipinski definition) is 0. The number of alkyl halides is 1. The molecule has 0 aromatic heterocycles. The summed E-state index contributed by atoms with van der Waals surface area (Å²) in [6.07, 6.45) is 3.73. The molecular formula is C16H22ClFN2. The molecule has 2 saturated heterocycles. The number of nitrogens with zero attached hydrogens (tertiary/aromatic N) is 2. The SMILES string of the molecule is CN1CCCC2CN(c3cccc(F)c3CCl)CCC21. The predicted octanol–water partition coefficient (Wildman–Crippen LogP) is 3.49. The lowest BCUT2D eigenvalue weighted by atomic mass is 9.84. The van der Waals surface area contributed by atoms with Gasteiger partial charge >= 0.3 is 0 Å². The number of piperidine rings is 2. The van der Waals surface area contributed by atoms with Crippen LogP contribution >= 0.6 is 11.6 Å². The van der Waals surface area contributed by atoms with Crippen molar-refractivity contribution >= 4 is 17.3 Å². The molecule has 2 heterocycles. The van der Waals surface area contributed by atoms with Crippen LogP contribution in [0.15, 0.2) is 18.2 Å². The molecule has 0 amide bonds. The van der Waals surface area contributed by atoms with Crippen molar-refractivity contribution in [2.24, 2.45) is 5.92 Å². The van der Waals surface area contributed by atoms with Crippen molar-refractivity contribution in [2.45, 2.75) is 31.2 Å². The Hall–Kier alpha value is -0.800. The Balaban J connectivity index is 1.81. The topological polar surface area (TPSA) is 6.48 Å². The van der Waals surface area contributed by atoms with Crippen molar-refractivity contribution in [2.75, 3.05) is 31.6 Å². The van der Waals surface area contributed by atoms with Gasteiger partial charge in [-0.1, -0.05) is 6.07 Å². The fourth-order valence-electron chi connectivity index (χ4n) is 3.85. The summed E-state index contributed by atoms with van der Waals surface area (Å²) in [5.41, 5.74) is 1.64. The van der Waals surface area contributed by atoms with Gasteiger partial charge in [-0.15, -0.1) is 11.6 Å². The van der Waals surface area contributed by atoms with Gasteiger partial charge in [0.25, 0.3) is 0 Å². The summed E-state index contributed by atoms with van der Waals surface area (Å²) in [7, 11) is 2.23. The molecule has 0 bridgehead atoms. The summed E-state index contributed by atoms with van der Waals surface area (Å²) in [6.45, 7) is 3.25. The smallest absolute Gasteiger partial charge is 0.129 e. The zero-order chi connectivity index (χ0) is 14.1. The normalized spacial score (nSPS) is 27.4. The number of hydrogen-bond acceptors (Lipinski definition) is 2. The third-order valence-corrected chi connectivity index (χ3v) is 5.18. The lowest BCUT2D eigenvalue weighted by Crippen LogP contribution is -2.52. The van der Waals surface area contributed by atoms with Crippen LogP contribution in [0.3, 0.4) is 0 Å². The van der Waals surface area contributed by atoms with Crippen molar-refractivity contribution in [3.63, 3.8) is 0 Å². The number of likely N-dealkylation sites (tertiary alicyclic amines) is 1. The van der Waals surface area contributed by atoms with E-state index in [0.717, 1.165) is 18.8 Å². The number of rotatable bonds is 2. The van der Waals surface area contributed by atoms with Gasteiger partial charge < -0.3 is 9.80 Å². The fourth-order valence-corrected chi connectivity index (χ4v) is 4.11. The van der Waals surface area contributed by atoms with Crippen LogP contribution in [0.25, 0.3) is 0 Å². The molecule has 20 heavy (non-hydrogen) atoms. The lowest BCUT2D eigenvalue weighted by molar-refractivity contribution is 0.102. The average Bonchev–Trinajstić information content (AvgIpc) is 2.47. The number of halogens is 2. The molecule has 2 aliphatic rings. The second-order valence-corrected chi connectivity index (χ2v) is 6.32. The Morgan fingerprint density at radius 3 is 2.95 bits per heavy atom. The molecule has 2 nitrogen and oxygen atoms in total. The quantitative estimate of drug-likeness (QED) is 0.771. The summed E-state index contributed by atoms with van der Waals surface area (Å²) in [5.74, 6) is 0.765. The predicted molar refractivity (Wildman–Crippen MR) is 81.9 cm³/mol. The van der Waals surface area contributed by atoms with Crippen LogP contribution in [0, 0.1) is 11.7 Å².